The Hall–Kier alpha value is -3.00. The van der Waals surface area contributed by atoms with Crippen LogP contribution in [0.4, 0.5) is 0 Å². The van der Waals surface area contributed by atoms with Crippen LogP contribution >= 0.6 is 0 Å². The minimum absolute atomic E-state index is 0.0331. The number of esters is 1. The number of hydrogen-bond donors (Lipinski definition) is 2. The van der Waals surface area contributed by atoms with Gasteiger partial charge >= 0.3 is 5.97 Å². The normalized spacial score (nSPS) is 11.9. The number of methoxy groups -OCH3 is 1. The van der Waals surface area contributed by atoms with Crippen LogP contribution in [0.3, 0.4) is 0 Å². The first-order valence-corrected chi connectivity index (χ1v) is 9.74. The lowest BCUT2D eigenvalue weighted by Crippen LogP contribution is -2.16. The second-order valence-corrected chi connectivity index (χ2v) is 7.09. The molecule has 0 bridgehead atoms. The summed E-state index contributed by atoms with van der Waals surface area (Å²) in [6.45, 7) is 5.67. The summed E-state index contributed by atoms with van der Waals surface area (Å²) < 4.78 is 22.0. The van der Waals surface area contributed by atoms with Gasteiger partial charge in [0.25, 0.3) is 0 Å². The van der Waals surface area contributed by atoms with Gasteiger partial charge in [0.05, 0.1) is 32.7 Å². The maximum Gasteiger partial charge on any atom is 0.306 e. The Balaban J connectivity index is 2.69. The van der Waals surface area contributed by atoms with E-state index in [0.717, 1.165) is 6.07 Å². The van der Waals surface area contributed by atoms with Crippen molar-refractivity contribution in [3.05, 3.63) is 51.6 Å². The minimum atomic E-state index is -0.902. The number of aliphatic hydroxyl groups excluding tert-OH is 1. The molecule has 0 radical (unpaired) electrons. The molecule has 2 N–H and O–H groups in total. The zero-order chi connectivity index (χ0) is 22.3. The highest BCUT2D eigenvalue weighted by Crippen LogP contribution is 2.42. The third-order valence-electron chi connectivity index (χ3n) is 4.31. The number of rotatable bonds is 10. The molecule has 0 saturated carbocycles. The van der Waals surface area contributed by atoms with Gasteiger partial charge in [0.15, 0.2) is 17.3 Å². The van der Waals surface area contributed by atoms with Crippen molar-refractivity contribution in [2.45, 2.75) is 39.7 Å². The fraction of sp³-hybridized carbons (Fsp3) is 0.455. The summed E-state index contributed by atoms with van der Waals surface area (Å²) in [6.07, 6.45) is -0.218. The van der Waals surface area contributed by atoms with Crippen molar-refractivity contribution in [2.75, 3.05) is 20.3 Å². The number of carbonyl (C=O) groups is 1. The lowest BCUT2D eigenvalue weighted by atomic mass is 9.91. The number of carbonyl (C=O) groups excluding carboxylic acids is 1. The predicted molar refractivity (Wildman–Crippen MR) is 109 cm³/mol. The summed E-state index contributed by atoms with van der Waals surface area (Å²) in [6, 6.07) is 6.12. The van der Waals surface area contributed by atoms with Gasteiger partial charge < -0.3 is 28.8 Å². The van der Waals surface area contributed by atoms with E-state index in [2.05, 4.69) is 0 Å². The zero-order valence-corrected chi connectivity index (χ0v) is 17.6. The van der Waals surface area contributed by atoms with Crippen LogP contribution in [0.15, 0.2) is 33.5 Å². The average molecular weight is 420 g/mol. The van der Waals surface area contributed by atoms with Crippen molar-refractivity contribution in [3.63, 3.8) is 0 Å². The molecule has 0 spiro atoms. The molecule has 1 heterocycles. The van der Waals surface area contributed by atoms with Gasteiger partial charge in [-0.3, -0.25) is 9.59 Å². The quantitative estimate of drug-likeness (QED) is 0.564. The largest absolute Gasteiger partial charge is 0.502 e. The van der Waals surface area contributed by atoms with E-state index in [1.54, 1.807) is 25.1 Å². The van der Waals surface area contributed by atoms with Gasteiger partial charge in [0.1, 0.15) is 12.4 Å². The van der Waals surface area contributed by atoms with Crippen LogP contribution in [0, 0.1) is 5.92 Å². The van der Waals surface area contributed by atoms with E-state index in [-0.39, 0.29) is 30.5 Å². The van der Waals surface area contributed by atoms with Crippen molar-refractivity contribution in [3.8, 4) is 17.2 Å². The summed E-state index contributed by atoms with van der Waals surface area (Å²) in [4.78, 5) is 24.5. The Bertz CT molecular complexity index is 916. The molecule has 0 aliphatic heterocycles. The van der Waals surface area contributed by atoms with Crippen LogP contribution in [0.2, 0.25) is 0 Å². The van der Waals surface area contributed by atoms with E-state index in [1.165, 1.54) is 7.11 Å². The Morgan fingerprint density at radius 3 is 2.60 bits per heavy atom. The lowest BCUT2D eigenvalue weighted by Gasteiger charge is -2.22. The summed E-state index contributed by atoms with van der Waals surface area (Å²) in [7, 11) is 1.49. The summed E-state index contributed by atoms with van der Waals surface area (Å²) in [5, 5.41) is 19.8. The maximum absolute atomic E-state index is 12.3. The lowest BCUT2D eigenvalue weighted by molar-refractivity contribution is -0.143. The summed E-state index contributed by atoms with van der Waals surface area (Å²) in [5.74, 6) is -1.25. The van der Waals surface area contributed by atoms with Crippen LogP contribution in [-0.4, -0.2) is 36.5 Å². The van der Waals surface area contributed by atoms with Crippen LogP contribution in [-0.2, 0) is 16.1 Å². The van der Waals surface area contributed by atoms with E-state index in [0.29, 0.717) is 23.7 Å². The third kappa shape index (κ3) is 5.54. The van der Waals surface area contributed by atoms with E-state index >= 15 is 0 Å². The second-order valence-electron chi connectivity index (χ2n) is 7.09. The van der Waals surface area contributed by atoms with Gasteiger partial charge in [-0.1, -0.05) is 26.0 Å². The van der Waals surface area contributed by atoms with E-state index in [1.807, 2.05) is 13.8 Å². The van der Waals surface area contributed by atoms with Crippen LogP contribution in [0.1, 0.15) is 50.2 Å². The van der Waals surface area contributed by atoms with Gasteiger partial charge in [-0.15, -0.1) is 0 Å². The Morgan fingerprint density at radius 2 is 2.00 bits per heavy atom. The Morgan fingerprint density at radius 1 is 1.27 bits per heavy atom. The highest BCUT2D eigenvalue weighted by Gasteiger charge is 2.30. The third-order valence-corrected chi connectivity index (χ3v) is 4.31. The molecule has 1 aromatic carbocycles. The Kier molecular flexibility index (Phi) is 8.29. The molecule has 8 nitrogen and oxygen atoms in total. The van der Waals surface area contributed by atoms with E-state index < -0.39 is 29.7 Å². The average Bonchev–Trinajstić information content (AvgIpc) is 2.72. The SMILES string of the molecule is CCOC(=O)C[C@@H](c1cccc(OC)c1OCC(C)C)c1oc(CO)cc(=O)c1O. The molecule has 0 amide bonds. The molecule has 2 rings (SSSR count). The van der Waals surface area contributed by atoms with Crippen LogP contribution in [0.25, 0.3) is 0 Å². The van der Waals surface area contributed by atoms with Crippen molar-refractivity contribution in [2.24, 2.45) is 5.92 Å². The molecular weight excluding hydrogens is 392 g/mol. The molecular formula is C22H28O8. The first-order valence-electron chi connectivity index (χ1n) is 9.74. The summed E-state index contributed by atoms with van der Waals surface area (Å²) in [5.41, 5.74) is -0.238. The predicted octanol–water partition coefficient (Wildman–Crippen LogP) is 2.97. The fourth-order valence-electron chi connectivity index (χ4n) is 2.97. The molecule has 30 heavy (non-hydrogen) atoms. The smallest absolute Gasteiger partial charge is 0.306 e. The topological polar surface area (TPSA) is 115 Å². The first-order chi connectivity index (χ1) is 14.3. The zero-order valence-electron chi connectivity index (χ0n) is 17.6. The fourth-order valence-corrected chi connectivity index (χ4v) is 2.97. The van der Waals surface area contributed by atoms with Gasteiger partial charge in [0.2, 0.25) is 11.2 Å². The van der Waals surface area contributed by atoms with Crippen molar-refractivity contribution in [1.82, 2.24) is 0 Å². The van der Waals surface area contributed by atoms with Crippen LogP contribution < -0.4 is 14.9 Å². The minimum Gasteiger partial charge on any atom is -0.502 e. The highest BCUT2D eigenvalue weighted by atomic mass is 16.5. The van der Waals surface area contributed by atoms with Crippen molar-refractivity contribution < 1.29 is 33.6 Å². The summed E-state index contributed by atoms with van der Waals surface area (Å²) >= 11 is 0. The van der Waals surface area contributed by atoms with Gasteiger partial charge in [-0.05, 0) is 18.9 Å². The molecule has 1 aromatic heterocycles. The number of hydrogen-bond acceptors (Lipinski definition) is 8. The first kappa shape index (κ1) is 23.3. The molecule has 0 aliphatic rings. The van der Waals surface area contributed by atoms with Crippen LogP contribution in [0.5, 0.6) is 17.2 Å². The number of aromatic hydroxyl groups is 1. The van der Waals surface area contributed by atoms with E-state index in [9.17, 15) is 19.8 Å². The van der Waals surface area contributed by atoms with Gasteiger partial charge in [-0.2, -0.15) is 0 Å². The van der Waals surface area contributed by atoms with E-state index in [4.69, 9.17) is 18.6 Å². The molecule has 0 fully saturated rings. The molecule has 0 aliphatic carbocycles. The molecule has 8 heteroatoms. The second kappa shape index (κ2) is 10.7. The number of aliphatic hydroxyl groups is 1. The van der Waals surface area contributed by atoms with Gasteiger partial charge in [-0.25, -0.2) is 0 Å². The molecule has 164 valence electrons. The molecule has 1 atom stereocenters. The monoisotopic (exact) mass is 420 g/mol. The van der Waals surface area contributed by atoms with Crippen molar-refractivity contribution in [1.29, 1.82) is 0 Å². The molecule has 0 saturated heterocycles. The standard InChI is InChI=1S/C22H28O8/c1-5-28-19(25)10-16(22-20(26)17(24)9-14(11-23)30-22)15-7-6-8-18(27-4)21(15)29-12-13(2)3/h6-9,13,16,23,26H,5,10-12H2,1-4H3/t16-/m0/s1. The number of ether oxygens (including phenoxy) is 3. The number of para-hydroxylation sites is 1. The van der Waals surface area contributed by atoms with Crippen molar-refractivity contribution >= 4 is 5.97 Å². The highest BCUT2D eigenvalue weighted by molar-refractivity contribution is 5.72. The maximum atomic E-state index is 12.3. The Labute approximate surface area is 175 Å². The number of benzene rings is 1. The van der Waals surface area contributed by atoms with Gasteiger partial charge in [0, 0.05) is 11.6 Å². The molecule has 2 aromatic rings. The molecule has 0 unspecified atom stereocenters.